The number of hydrogen-bond acceptors (Lipinski definition) is 3. The third kappa shape index (κ3) is 3.07. The Morgan fingerprint density at radius 1 is 1.35 bits per heavy atom. The predicted molar refractivity (Wildman–Crippen MR) is 94.0 cm³/mol. The first-order valence-electron chi connectivity index (χ1n) is 8.24. The molecule has 2 heterocycles. The number of nitrogens with one attached hydrogen (secondary N) is 1. The Balaban J connectivity index is 1.81. The summed E-state index contributed by atoms with van der Waals surface area (Å²) in [7, 11) is 0. The standard InChI is InChI=1S/C19H23N3O/c1-4-13(2)21-18-10-9-16(12-20-18)19(23)22-14(3)11-15-7-5-6-8-17(15)22/h5-10,12-14H,4,11H2,1-3H3,(H,20,21). The van der Waals surface area contributed by atoms with Crippen LogP contribution in [0.1, 0.15) is 43.1 Å². The van der Waals surface area contributed by atoms with Crippen LogP contribution in [0.3, 0.4) is 0 Å². The fourth-order valence-corrected chi connectivity index (χ4v) is 2.97. The van der Waals surface area contributed by atoms with Gasteiger partial charge in [-0.15, -0.1) is 0 Å². The van der Waals surface area contributed by atoms with Crippen LogP contribution < -0.4 is 10.2 Å². The van der Waals surface area contributed by atoms with Gasteiger partial charge in [-0.2, -0.15) is 0 Å². The molecule has 1 amide bonds. The molecule has 0 bridgehead atoms. The smallest absolute Gasteiger partial charge is 0.260 e. The van der Waals surface area contributed by atoms with Crippen molar-refractivity contribution < 1.29 is 4.79 Å². The highest BCUT2D eigenvalue weighted by Crippen LogP contribution is 2.33. The van der Waals surface area contributed by atoms with Crippen LogP contribution in [0.5, 0.6) is 0 Å². The van der Waals surface area contributed by atoms with E-state index in [9.17, 15) is 4.79 Å². The number of anilines is 2. The first-order chi connectivity index (χ1) is 11.1. The first kappa shape index (κ1) is 15.5. The topological polar surface area (TPSA) is 45.2 Å². The van der Waals surface area contributed by atoms with Gasteiger partial charge in [-0.05, 0) is 50.5 Å². The Morgan fingerprint density at radius 2 is 2.13 bits per heavy atom. The lowest BCUT2D eigenvalue weighted by atomic mass is 10.1. The van der Waals surface area contributed by atoms with E-state index in [0.717, 1.165) is 24.3 Å². The molecule has 120 valence electrons. The number of nitrogens with zero attached hydrogens (tertiary/aromatic N) is 2. The number of pyridine rings is 1. The van der Waals surface area contributed by atoms with Crippen molar-refractivity contribution >= 4 is 17.4 Å². The maximum atomic E-state index is 12.9. The Bertz CT molecular complexity index is 696. The number of carbonyl (C=O) groups excluding carboxylic acids is 1. The molecular formula is C19H23N3O. The fraction of sp³-hybridized carbons (Fsp3) is 0.368. The molecular weight excluding hydrogens is 286 g/mol. The molecule has 0 fully saturated rings. The van der Waals surface area contributed by atoms with Gasteiger partial charge in [0.25, 0.3) is 5.91 Å². The minimum atomic E-state index is 0.0186. The zero-order valence-electron chi connectivity index (χ0n) is 13.9. The molecule has 0 radical (unpaired) electrons. The average Bonchev–Trinajstić information content (AvgIpc) is 2.90. The molecule has 3 rings (SSSR count). The zero-order valence-corrected chi connectivity index (χ0v) is 13.9. The number of para-hydroxylation sites is 1. The van der Waals surface area contributed by atoms with Gasteiger partial charge in [0.1, 0.15) is 5.82 Å². The highest BCUT2D eigenvalue weighted by Gasteiger charge is 2.31. The summed E-state index contributed by atoms with van der Waals surface area (Å²) in [5.41, 5.74) is 2.88. The minimum absolute atomic E-state index is 0.0186. The second-order valence-electron chi connectivity index (χ2n) is 6.24. The molecule has 2 unspecified atom stereocenters. The van der Waals surface area contributed by atoms with Crippen LogP contribution >= 0.6 is 0 Å². The van der Waals surface area contributed by atoms with E-state index in [1.165, 1.54) is 5.56 Å². The lowest BCUT2D eigenvalue weighted by molar-refractivity contribution is 0.0981. The summed E-state index contributed by atoms with van der Waals surface area (Å²) in [6, 6.07) is 12.4. The van der Waals surface area contributed by atoms with Crippen molar-refractivity contribution in [2.24, 2.45) is 0 Å². The lowest BCUT2D eigenvalue weighted by Crippen LogP contribution is -2.35. The van der Waals surface area contributed by atoms with Crippen LogP contribution in [0, 0.1) is 0 Å². The van der Waals surface area contributed by atoms with Crippen LogP contribution in [-0.4, -0.2) is 23.0 Å². The van der Waals surface area contributed by atoms with Gasteiger partial charge in [-0.25, -0.2) is 4.98 Å². The van der Waals surface area contributed by atoms with Crippen LogP contribution in [0.25, 0.3) is 0 Å². The van der Waals surface area contributed by atoms with Gasteiger partial charge < -0.3 is 10.2 Å². The zero-order chi connectivity index (χ0) is 16.4. The van der Waals surface area contributed by atoms with Gasteiger partial charge in [0.05, 0.1) is 5.56 Å². The third-order valence-electron chi connectivity index (χ3n) is 4.44. The third-order valence-corrected chi connectivity index (χ3v) is 4.44. The first-order valence-corrected chi connectivity index (χ1v) is 8.24. The molecule has 1 aliphatic heterocycles. The van der Waals surface area contributed by atoms with E-state index < -0.39 is 0 Å². The highest BCUT2D eigenvalue weighted by atomic mass is 16.2. The van der Waals surface area contributed by atoms with Gasteiger partial charge >= 0.3 is 0 Å². The van der Waals surface area contributed by atoms with Crippen LogP contribution in [0.4, 0.5) is 11.5 Å². The quantitative estimate of drug-likeness (QED) is 0.932. The molecule has 0 saturated heterocycles. The van der Waals surface area contributed by atoms with E-state index in [-0.39, 0.29) is 11.9 Å². The Morgan fingerprint density at radius 3 is 2.83 bits per heavy atom. The second kappa shape index (κ2) is 6.41. The molecule has 1 aliphatic rings. The van der Waals surface area contributed by atoms with Gasteiger partial charge in [0.15, 0.2) is 0 Å². The average molecular weight is 309 g/mol. The molecule has 1 aromatic carbocycles. The van der Waals surface area contributed by atoms with Crippen LogP contribution in [-0.2, 0) is 6.42 Å². The summed E-state index contributed by atoms with van der Waals surface area (Å²) in [6.45, 7) is 6.33. The van der Waals surface area contributed by atoms with Crippen molar-refractivity contribution in [3.63, 3.8) is 0 Å². The van der Waals surface area contributed by atoms with Gasteiger partial charge in [-0.1, -0.05) is 25.1 Å². The summed E-state index contributed by atoms with van der Waals surface area (Å²) in [5, 5.41) is 3.32. The van der Waals surface area contributed by atoms with Crippen molar-refractivity contribution in [1.82, 2.24) is 4.98 Å². The van der Waals surface area contributed by atoms with Crippen molar-refractivity contribution in [2.45, 2.75) is 45.7 Å². The Kier molecular flexibility index (Phi) is 4.33. The largest absolute Gasteiger partial charge is 0.368 e. The van der Waals surface area contributed by atoms with E-state index in [1.54, 1.807) is 6.20 Å². The SMILES string of the molecule is CCC(C)Nc1ccc(C(=O)N2c3ccccc3CC2C)cn1. The summed E-state index contributed by atoms with van der Waals surface area (Å²) in [4.78, 5) is 19.1. The summed E-state index contributed by atoms with van der Waals surface area (Å²) >= 11 is 0. The van der Waals surface area contributed by atoms with Crippen molar-refractivity contribution in [3.8, 4) is 0 Å². The number of hydrogen-bond donors (Lipinski definition) is 1. The monoisotopic (exact) mass is 309 g/mol. The predicted octanol–water partition coefficient (Wildman–Crippen LogP) is 3.88. The molecule has 0 saturated carbocycles. The minimum Gasteiger partial charge on any atom is -0.368 e. The van der Waals surface area contributed by atoms with Gasteiger partial charge in [-0.3, -0.25) is 4.79 Å². The molecule has 23 heavy (non-hydrogen) atoms. The van der Waals surface area contributed by atoms with E-state index >= 15 is 0 Å². The van der Waals surface area contributed by atoms with Gasteiger partial charge in [0.2, 0.25) is 0 Å². The summed E-state index contributed by atoms with van der Waals surface area (Å²) < 4.78 is 0. The fourth-order valence-electron chi connectivity index (χ4n) is 2.97. The number of rotatable bonds is 4. The second-order valence-corrected chi connectivity index (χ2v) is 6.24. The molecule has 0 aliphatic carbocycles. The van der Waals surface area contributed by atoms with Crippen molar-refractivity contribution in [1.29, 1.82) is 0 Å². The lowest BCUT2D eigenvalue weighted by Gasteiger charge is -2.22. The van der Waals surface area contributed by atoms with E-state index in [4.69, 9.17) is 0 Å². The maximum Gasteiger partial charge on any atom is 0.260 e. The number of fused-ring (bicyclic) bond motifs is 1. The van der Waals surface area contributed by atoms with Crippen molar-refractivity contribution in [3.05, 3.63) is 53.7 Å². The summed E-state index contributed by atoms with van der Waals surface area (Å²) in [5.74, 6) is 0.829. The Labute approximate surface area is 137 Å². The number of aromatic nitrogens is 1. The van der Waals surface area contributed by atoms with E-state index in [0.29, 0.717) is 11.6 Å². The molecule has 2 atom stereocenters. The molecule has 2 aromatic rings. The molecule has 4 nitrogen and oxygen atoms in total. The van der Waals surface area contributed by atoms with E-state index in [1.807, 2.05) is 35.2 Å². The van der Waals surface area contributed by atoms with Gasteiger partial charge in [0, 0.05) is 24.0 Å². The molecule has 0 spiro atoms. The van der Waals surface area contributed by atoms with Crippen LogP contribution in [0.2, 0.25) is 0 Å². The Hall–Kier alpha value is -2.36. The molecule has 4 heteroatoms. The number of amides is 1. The van der Waals surface area contributed by atoms with E-state index in [2.05, 4.69) is 37.1 Å². The molecule has 1 N–H and O–H groups in total. The normalized spacial score (nSPS) is 17.7. The van der Waals surface area contributed by atoms with Crippen molar-refractivity contribution in [2.75, 3.05) is 10.2 Å². The highest BCUT2D eigenvalue weighted by molar-refractivity contribution is 6.07. The number of benzene rings is 1. The van der Waals surface area contributed by atoms with Crippen LogP contribution in [0.15, 0.2) is 42.6 Å². The maximum absolute atomic E-state index is 12.9. The number of carbonyl (C=O) groups is 1. The summed E-state index contributed by atoms with van der Waals surface area (Å²) in [6.07, 6.45) is 3.61. The molecule has 1 aromatic heterocycles.